The van der Waals surface area contributed by atoms with Gasteiger partial charge in [-0.05, 0) is 45.0 Å². The van der Waals surface area contributed by atoms with E-state index >= 15 is 4.39 Å². The number of rotatable bonds is 16. The Labute approximate surface area is 278 Å². The standard InChI is InChI=1S/C29H33FN6O10S2/c1-29(2)20(26(38)36(29)46-48(41,42)43)12-23(37)25(22-15-47-28(32)33-22)34-45-24(27(39)40)14-44-18-8-9-19(21(30)11-18)16-6-7-17(5-4-10-31)35(3)13-16/h6-9,11,13,15,20,24H,4-5,10,12,14,31H2,1-3H3,(H3-,32,33,39,40,41,42,43)/p+1/b34-25-/t20-,24?/m1/s1. The van der Waals surface area contributed by atoms with E-state index in [0.717, 1.165) is 35.9 Å². The van der Waals surface area contributed by atoms with Crippen LogP contribution in [0.2, 0.25) is 0 Å². The molecule has 48 heavy (non-hydrogen) atoms. The molecule has 6 N–H and O–H groups in total. The van der Waals surface area contributed by atoms with Gasteiger partial charge in [0, 0.05) is 41.5 Å². The van der Waals surface area contributed by atoms with Gasteiger partial charge < -0.3 is 26.1 Å². The number of ketones is 1. The van der Waals surface area contributed by atoms with Crippen molar-refractivity contribution < 1.29 is 55.3 Å². The number of carbonyl (C=O) groups is 3. The number of aryl methyl sites for hydroxylation is 2. The number of hydrogen-bond acceptors (Lipinski definition) is 13. The number of hydroxylamine groups is 2. The monoisotopic (exact) mass is 709 g/mol. The number of aromatic nitrogens is 2. The Kier molecular flexibility index (Phi) is 11.1. The van der Waals surface area contributed by atoms with E-state index in [1.54, 1.807) is 12.3 Å². The van der Waals surface area contributed by atoms with Crippen molar-refractivity contribution in [3.63, 3.8) is 0 Å². The predicted octanol–water partition coefficient (Wildman–Crippen LogP) is 1.43. The number of oxime groups is 1. The van der Waals surface area contributed by atoms with Crippen molar-refractivity contribution in [2.24, 2.45) is 23.9 Å². The smallest absolute Gasteiger partial charge is 0.418 e. The minimum Gasteiger partial charge on any atom is -0.489 e. The maximum atomic E-state index is 15.1. The summed E-state index contributed by atoms with van der Waals surface area (Å²) in [6.45, 7) is 2.72. The molecule has 1 aliphatic heterocycles. The lowest BCUT2D eigenvalue weighted by molar-refractivity contribution is -0.678. The van der Waals surface area contributed by atoms with Crippen molar-refractivity contribution in [2.45, 2.75) is 44.8 Å². The number of benzene rings is 1. The van der Waals surface area contributed by atoms with Crippen molar-refractivity contribution in [3.05, 3.63) is 59.1 Å². The third-order valence-corrected chi connectivity index (χ3v) is 8.55. The molecular weight excluding hydrogens is 675 g/mol. The first-order chi connectivity index (χ1) is 22.5. The van der Waals surface area contributed by atoms with Crippen LogP contribution < -0.4 is 20.8 Å². The minimum atomic E-state index is -5.01. The highest BCUT2D eigenvalue weighted by Crippen LogP contribution is 2.40. The Balaban J connectivity index is 1.47. The van der Waals surface area contributed by atoms with Gasteiger partial charge in [-0.15, -0.1) is 15.6 Å². The van der Waals surface area contributed by atoms with Gasteiger partial charge in [-0.2, -0.15) is 13.5 Å². The fourth-order valence-corrected chi connectivity index (χ4v) is 5.88. The molecule has 1 unspecified atom stereocenters. The van der Waals surface area contributed by atoms with Crippen LogP contribution in [0.4, 0.5) is 9.52 Å². The summed E-state index contributed by atoms with van der Waals surface area (Å²) in [4.78, 5) is 47.0. The molecule has 2 atom stereocenters. The summed E-state index contributed by atoms with van der Waals surface area (Å²) >= 11 is 0.955. The second kappa shape index (κ2) is 14.7. The van der Waals surface area contributed by atoms with Crippen molar-refractivity contribution in [2.75, 3.05) is 18.9 Å². The number of nitrogens with zero attached hydrogens (tertiary/aromatic N) is 4. The van der Waals surface area contributed by atoms with Crippen LogP contribution >= 0.6 is 11.3 Å². The van der Waals surface area contributed by atoms with Crippen molar-refractivity contribution >= 4 is 50.2 Å². The third kappa shape index (κ3) is 8.47. The summed E-state index contributed by atoms with van der Waals surface area (Å²) in [5, 5.41) is 15.3. The Hall–Kier alpha value is -4.56. The Morgan fingerprint density at radius 3 is 2.56 bits per heavy atom. The molecule has 4 rings (SSSR count). The van der Waals surface area contributed by atoms with Crippen molar-refractivity contribution in [1.82, 2.24) is 10.0 Å². The van der Waals surface area contributed by atoms with E-state index in [1.807, 2.05) is 17.7 Å². The molecule has 16 nitrogen and oxygen atoms in total. The number of Topliss-reactive ketones (excluding diaryl/α,β-unsaturated/α-hetero) is 1. The van der Waals surface area contributed by atoms with Gasteiger partial charge in [0.2, 0.25) is 0 Å². The Bertz CT molecular complexity index is 1850. The van der Waals surface area contributed by atoms with Gasteiger partial charge >= 0.3 is 16.4 Å². The van der Waals surface area contributed by atoms with Crippen molar-refractivity contribution in [1.29, 1.82) is 0 Å². The Morgan fingerprint density at radius 2 is 2.00 bits per heavy atom. The van der Waals surface area contributed by atoms with E-state index in [2.05, 4.69) is 14.4 Å². The van der Waals surface area contributed by atoms with Crippen LogP contribution in [-0.4, -0.2) is 76.3 Å². The molecule has 0 saturated carbocycles. The molecule has 0 radical (unpaired) electrons. The van der Waals surface area contributed by atoms with Gasteiger partial charge in [0.1, 0.15) is 30.9 Å². The average Bonchev–Trinajstić information content (AvgIpc) is 3.44. The maximum Gasteiger partial charge on any atom is 0.418 e. The Morgan fingerprint density at radius 1 is 1.27 bits per heavy atom. The van der Waals surface area contributed by atoms with Crippen molar-refractivity contribution in [3.8, 4) is 16.9 Å². The zero-order chi connectivity index (χ0) is 35.4. The summed E-state index contributed by atoms with van der Waals surface area (Å²) < 4.78 is 58.0. The number of nitrogens with two attached hydrogens (primary N) is 2. The maximum absolute atomic E-state index is 15.1. The molecule has 0 bridgehead atoms. The molecule has 1 aliphatic rings. The number of hydrogen-bond donors (Lipinski definition) is 4. The summed E-state index contributed by atoms with van der Waals surface area (Å²) in [5.74, 6) is -4.97. The zero-order valence-corrected chi connectivity index (χ0v) is 27.7. The normalized spacial score (nSPS) is 16.7. The average molecular weight is 710 g/mol. The van der Waals surface area contributed by atoms with E-state index in [1.165, 1.54) is 31.4 Å². The van der Waals surface area contributed by atoms with E-state index in [4.69, 9.17) is 25.6 Å². The number of pyridine rings is 1. The fraction of sp³-hybridized carbons (Fsp3) is 0.379. The van der Waals surface area contributed by atoms with E-state index in [9.17, 15) is 27.9 Å². The van der Waals surface area contributed by atoms with Crippen LogP contribution in [0.1, 0.15) is 38.1 Å². The number of carboxylic acids is 1. The highest BCUT2D eigenvalue weighted by molar-refractivity contribution is 7.80. The molecule has 1 saturated heterocycles. The highest BCUT2D eigenvalue weighted by atomic mass is 32.3. The van der Waals surface area contributed by atoms with Gasteiger partial charge in [-0.25, -0.2) is 18.7 Å². The molecule has 1 aromatic carbocycles. The molecule has 2 aromatic heterocycles. The van der Waals surface area contributed by atoms with Gasteiger partial charge in [-0.3, -0.25) is 14.1 Å². The molecular formula is C29H34FN6O10S2+. The number of carbonyl (C=O) groups excluding carboxylic acids is 2. The van der Waals surface area contributed by atoms with Crippen LogP contribution in [0.25, 0.3) is 11.1 Å². The molecule has 3 heterocycles. The van der Waals surface area contributed by atoms with Gasteiger partial charge in [0.25, 0.3) is 12.0 Å². The number of halogens is 1. The number of anilines is 1. The van der Waals surface area contributed by atoms with E-state index in [-0.39, 0.29) is 16.6 Å². The molecule has 258 valence electrons. The number of thiazole rings is 1. The largest absolute Gasteiger partial charge is 0.489 e. The summed E-state index contributed by atoms with van der Waals surface area (Å²) in [7, 11) is -3.16. The second-order valence-electron chi connectivity index (χ2n) is 11.3. The molecule has 1 fully saturated rings. The first-order valence-corrected chi connectivity index (χ1v) is 16.6. The van der Waals surface area contributed by atoms with Crippen LogP contribution in [-0.2, 0) is 47.4 Å². The number of aliphatic carboxylic acids is 1. The van der Waals surface area contributed by atoms with Crippen LogP contribution in [0, 0.1) is 11.7 Å². The van der Waals surface area contributed by atoms with Gasteiger partial charge in [-0.1, -0.05) is 5.16 Å². The van der Waals surface area contributed by atoms with E-state index in [0.29, 0.717) is 22.7 Å². The second-order valence-corrected chi connectivity index (χ2v) is 13.2. The fourth-order valence-electron chi connectivity index (χ4n) is 4.88. The zero-order valence-electron chi connectivity index (χ0n) is 26.0. The topological polar surface area (TPSA) is 238 Å². The van der Waals surface area contributed by atoms with Gasteiger partial charge in [0.05, 0.1) is 11.5 Å². The molecule has 0 spiro atoms. The molecule has 1 amide bonds. The van der Waals surface area contributed by atoms with Crippen LogP contribution in [0.5, 0.6) is 5.75 Å². The number of nitrogen functional groups attached to an aromatic ring is 1. The molecule has 19 heteroatoms. The highest BCUT2D eigenvalue weighted by Gasteiger charge is 2.57. The lowest BCUT2D eigenvalue weighted by atomic mass is 9.74. The first kappa shape index (κ1) is 36.3. The number of β-lactam (4-membered cyclic amide) rings is 1. The quantitative estimate of drug-likeness (QED) is 0.0542. The minimum absolute atomic E-state index is 0.00462. The first-order valence-electron chi connectivity index (χ1n) is 14.4. The lowest BCUT2D eigenvalue weighted by Crippen LogP contribution is -2.68. The summed E-state index contributed by atoms with van der Waals surface area (Å²) in [5.41, 5.74) is 11.4. The summed E-state index contributed by atoms with van der Waals surface area (Å²) in [6, 6.07) is 7.73. The van der Waals surface area contributed by atoms with Crippen LogP contribution in [0.3, 0.4) is 0 Å². The number of amides is 1. The predicted molar refractivity (Wildman–Crippen MR) is 168 cm³/mol. The number of carboxylic acid groups (broad SMARTS) is 1. The molecule has 0 aliphatic carbocycles. The third-order valence-electron chi connectivity index (χ3n) is 7.54. The van der Waals surface area contributed by atoms with Crippen LogP contribution in [0.15, 0.2) is 47.1 Å². The summed E-state index contributed by atoms with van der Waals surface area (Å²) in [6.07, 6.45) is 1.07. The SMILES string of the molecule is C[n+]1cc(-c2ccc(OCC(O/N=C(\C(=O)C[C@@H]3C(=O)N(OS(=O)(=O)O)C3(C)C)c3csc(N)n3)C(=O)O)cc2F)ccc1CCCN. The van der Waals surface area contributed by atoms with Gasteiger partial charge in [0.15, 0.2) is 28.5 Å². The van der Waals surface area contributed by atoms with E-state index < -0.39 is 70.2 Å². The number of ether oxygens (including phenoxy) is 1. The lowest BCUT2D eigenvalue weighted by Gasteiger charge is -2.50. The molecule has 3 aromatic rings.